The molecule has 1 aromatic carbocycles. The quantitative estimate of drug-likeness (QED) is 0.488. The molecule has 1 heterocycles. The molecule has 2 rings (SSSR count). The number of likely N-dealkylation sites (N-methyl/N-ethyl adjacent to an activating group) is 1. The lowest BCUT2D eigenvalue weighted by Gasteiger charge is -2.15. The summed E-state index contributed by atoms with van der Waals surface area (Å²) in [6.45, 7) is -0.156. The van der Waals surface area contributed by atoms with E-state index < -0.39 is 11.7 Å². The highest BCUT2D eigenvalue weighted by Crippen LogP contribution is 2.36. The van der Waals surface area contributed by atoms with E-state index in [4.69, 9.17) is 9.47 Å². The summed E-state index contributed by atoms with van der Waals surface area (Å²) in [4.78, 5) is 16.8. The topological polar surface area (TPSA) is 76.0 Å². The highest BCUT2D eigenvalue weighted by molar-refractivity contribution is 9.10. The number of hydrazone groups is 1. The molecule has 0 fully saturated rings. The van der Waals surface area contributed by atoms with Gasteiger partial charge in [-0.15, -0.1) is 0 Å². The van der Waals surface area contributed by atoms with Crippen LogP contribution in [-0.4, -0.2) is 49.8 Å². The Morgan fingerprint density at radius 2 is 2.07 bits per heavy atom. The maximum Gasteiger partial charge on any atom is 0.417 e. The zero-order valence-corrected chi connectivity index (χ0v) is 17.3. The Hall–Kier alpha value is -2.82. The van der Waals surface area contributed by atoms with Crippen LogP contribution in [0.5, 0.6) is 11.5 Å². The van der Waals surface area contributed by atoms with Crippen LogP contribution in [0.3, 0.4) is 0 Å². The third-order valence-electron chi connectivity index (χ3n) is 3.57. The van der Waals surface area contributed by atoms with Crippen molar-refractivity contribution < 1.29 is 27.4 Å². The second-order valence-electron chi connectivity index (χ2n) is 5.91. The van der Waals surface area contributed by atoms with E-state index in [2.05, 4.69) is 31.4 Å². The molecule has 0 atom stereocenters. The third kappa shape index (κ3) is 6.34. The fraction of sp³-hybridized carbons (Fsp3) is 0.278. The van der Waals surface area contributed by atoms with E-state index >= 15 is 0 Å². The molecule has 2 aromatic rings. The van der Waals surface area contributed by atoms with Gasteiger partial charge in [-0.3, -0.25) is 10.2 Å². The lowest BCUT2D eigenvalue weighted by molar-refractivity contribution is -0.137. The number of benzene rings is 1. The average molecular weight is 475 g/mol. The summed E-state index contributed by atoms with van der Waals surface area (Å²) in [5.74, 6) is 0.678. The molecular weight excluding hydrogens is 457 g/mol. The second kappa shape index (κ2) is 9.59. The molecule has 29 heavy (non-hydrogen) atoms. The summed E-state index contributed by atoms with van der Waals surface area (Å²) in [5, 5.41) is 3.95. The standard InChI is InChI=1S/C18H18BrF3N4O3/c1-26(2)16(27)10-29-17-13(19)6-11(7-14(17)28-3)8-24-25-15-5-4-12(9-23-15)18(20,21)22/h4-9H,10H2,1-3H3,(H,23,25)/b24-8-. The van der Waals surface area contributed by atoms with E-state index in [0.717, 1.165) is 12.3 Å². The van der Waals surface area contributed by atoms with Gasteiger partial charge in [0.1, 0.15) is 5.82 Å². The first kappa shape index (κ1) is 22.5. The van der Waals surface area contributed by atoms with Crippen molar-refractivity contribution in [1.29, 1.82) is 0 Å². The number of halogens is 4. The summed E-state index contributed by atoms with van der Waals surface area (Å²) in [7, 11) is 4.69. The van der Waals surface area contributed by atoms with Crippen LogP contribution in [0, 0.1) is 0 Å². The molecule has 0 unspecified atom stereocenters. The molecule has 7 nitrogen and oxygen atoms in total. The Bertz CT molecular complexity index is 887. The van der Waals surface area contributed by atoms with Crippen LogP contribution in [0.25, 0.3) is 0 Å². The van der Waals surface area contributed by atoms with Crippen molar-refractivity contribution in [2.75, 3.05) is 33.2 Å². The molecule has 11 heteroatoms. The monoisotopic (exact) mass is 474 g/mol. The number of nitrogens with zero attached hydrogens (tertiary/aromatic N) is 3. The summed E-state index contributed by atoms with van der Waals surface area (Å²) < 4.78 is 49.0. The van der Waals surface area contributed by atoms with Crippen molar-refractivity contribution >= 4 is 33.9 Å². The second-order valence-corrected chi connectivity index (χ2v) is 6.77. The van der Waals surface area contributed by atoms with Crippen LogP contribution in [0.15, 0.2) is 40.0 Å². The fourth-order valence-electron chi connectivity index (χ4n) is 2.02. The number of anilines is 1. The number of carbonyl (C=O) groups excluding carboxylic acids is 1. The summed E-state index contributed by atoms with van der Waals surface area (Å²) >= 11 is 3.36. The number of amides is 1. The number of alkyl halides is 3. The molecule has 0 saturated carbocycles. The molecule has 0 aliphatic carbocycles. The van der Waals surface area contributed by atoms with Gasteiger partial charge < -0.3 is 14.4 Å². The van der Waals surface area contributed by atoms with Crippen LogP contribution in [-0.2, 0) is 11.0 Å². The average Bonchev–Trinajstić information content (AvgIpc) is 2.66. The van der Waals surface area contributed by atoms with Gasteiger partial charge in [-0.2, -0.15) is 18.3 Å². The third-order valence-corrected chi connectivity index (χ3v) is 4.16. The van der Waals surface area contributed by atoms with E-state index in [9.17, 15) is 18.0 Å². The molecule has 1 aromatic heterocycles. The molecule has 0 aliphatic heterocycles. The van der Waals surface area contributed by atoms with Crippen LogP contribution in [0.2, 0.25) is 0 Å². The lowest BCUT2D eigenvalue weighted by atomic mass is 10.2. The van der Waals surface area contributed by atoms with E-state index in [1.54, 1.807) is 26.2 Å². The molecule has 0 saturated heterocycles. The van der Waals surface area contributed by atoms with Crippen molar-refractivity contribution in [2.45, 2.75) is 6.18 Å². The van der Waals surface area contributed by atoms with Crippen molar-refractivity contribution in [3.63, 3.8) is 0 Å². The number of hydrogen-bond donors (Lipinski definition) is 1. The van der Waals surface area contributed by atoms with Crippen LogP contribution >= 0.6 is 15.9 Å². The van der Waals surface area contributed by atoms with Crippen LogP contribution in [0.4, 0.5) is 19.0 Å². The smallest absolute Gasteiger partial charge is 0.417 e. The maximum absolute atomic E-state index is 12.5. The Morgan fingerprint density at radius 3 is 2.62 bits per heavy atom. The molecule has 156 valence electrons. The number of rotatable bonds is 7. The van der Waals surface area contributed by atoms with Crippen molar-refractivity contribution in [3.05, 3.63) is 46.1 Å². The number of carbonyl (C=O) groups is 1. The van der Waals surface area contributed by atoms with Gasteiger partial charge in [0.2, 0.25) is 0 Å². The predicted molar refractivity (Wildman–Crippen MR) is 105 cm³/mol. The molecule has 1 N–H and O–H groups in total. The van der Waals surface area contributed by atoms with Gasteiger partial charge in [0.15, 0.2) is 18.1 Å². The zero-order valence-electron chi connectivity index (χ0n) is 15.7. The molecule has 0 aliphatic rings. The predicted octanol–water partition coefficient (Wildman–Crippen LogP) is 3.78. The molecular formula is C18H18BrF3N4O3. The number of ether oxygens (including phenoxy) is 2. The summed E-state index contributed by atoms with van der Waals surface area (Å²) in [6.07, 6.45) is -2.29. The van der Waals surface area contributed by atoms with E-state index in [0.29, 0.717) is 21.5 Å². The number of methoxy groups -OCH3 is 1. The molecule has 0 spiro atoms. The van der Waals surface area contributed by atoms with Gasteiger partial charge in [0.25, 0.3) is 5.91 Å². The van der Waals surface area contributed by atoms with Gasteiger partial charge >= 0.3 is 6.18 Å². The molecule has 1 amide bonds. The number of pyridine rings is 1. The fourth-order valence-corrected chi connectivity index (χ4v) is 2.59. The maximum atomic E-state index is 12.5. The van der Waals surface area contributed by atoms with Gasteiger partial charge in [0.05, 0.1) is 23.4 Å². The van der Waals surface area contributed by atoms with E-state index in [1.807, 2.05) is 0 Å². The molecule has 0 radical (unpaired) electrons. The van der Waals surface area contributed by atoms with Gasteiger partial charge in [-0.25, -0.2) is 4.98 Å². The normalized spacial score (nSPS) is 11.4. The number of hydrogen-bond acceptors (Lipinski definition) is 6. The zero-order chi connectivity index (χ0) is 21.6. The minimum atomic E-state index is -4.45. The lowest BCUT2D eigenvalue weighted by Crippen LogP contribution is -2.27. The largest absolute Gasteiger partial charge is 0.493 e. The highest BCUT2D eigenvalue weighted by Gasteiger charge is 2.30. The SMILES string of the molecule is COc1cc(/C=N\Nc2ccc(C(F)(F)F)cn2)cc(Br)c1OCC(=O)N(C)C. The summed E-state index contributed by atoms with van der Waals surface area (Å²) in [5.41, 5.74) is 2.32. The first-order valence-corrected chi connectivity index (χ1v) is 8.94. The van der Waals surface area contributed by atoms with Crippen molar-refractivity contribution in [3.8, 4) is 11.5 Å². The first-order valence-electron chi connectivity index (χ1n) is 8.14. The first-order chi connectivity index (χ1) is 13.6. The number of nitrogens with one attached hydrogen (secondary N) is 1. The minimum Gasteiger partial charge on any atom is -0.493 e. The number of aromatic nitrogens is 1. The van der Waals surface area contributed by atoms with E-state index in [1.165, 1.54) is 24.3 Å². The molecule has 0 bridgehead atoms. The van der Waals surface area contributed by atoms with E-state index in [-0.39, 0.29) is 18.3 Å². The highest BCUT2D eigenvalue weighted by atomic mass is 79.9. The Balaban J connectivity index is 2.09. The Labute approximate surface area is 173 Å². The summed E-state index contributed by atoms with van der Waals surface area (Å²) in [6, 6.07) is 5.40. The Kier molecular flexibility index (Phi) is 7.43. The van der Waals surface area contributed by atoms with Gasteiger partial charge in [-0.05, 0) is 45.8 Å². The van der Waals surface area contributed by atoms with Gasteiger partial charge in [0, 0.05) is 20.3 Å². The minimum absolute atomic E-state index is 0.155. The van der Waals surface area contributed by atoms with Crippen LogP contribution in [0.1, 0.15) is 11.1 Å². The Morgan fingerprint density at radius 1 is 1.34 bits per heavy atom. The van der Waals surface area contributed by atoms with Crippen LogP contribution < -0.4 is 14.9 Å². The van der Waals surface area contributed by atoms with Gasteiger partial charge in [-0.1, -0.05) is 0 Å². The van der Waals surface area contributed by atoms with Crippen molar-refractivity contribution in [2.24, 2.45) is 5.10 Å². The van der Waals surface area contributed by atoms with Crippen molar-refractivity contribution in [1.82, 2.24) is 9.88 Å².